The van der Waals surface area contributed by atoms with E-state index in [2.05, 4.69) is 20.9 Å². The molecule has 0 spiro atoms. The van der Waals surface area contributed by atoms with E-state index in [0.29, 0.717) is 38.9 Å². The van der Waals surface area contributed by atoms with Crippen molar-refractivity contribution in [3.8, 4) is 0 Å². The Morgan fingerprint density at radius 1 is 0.462 bits per heavy atom. The smallest absolute Gasteiger partial charge is 0.407 e. The minimum Gasteiger partial charge on any atom is -0.444 e. The number of ether oxygens (including phenoxy) is 3. The van der Waals surface area contributed by atoms with E-state index >= 15 is 0 Å². The van der Waals surface area contributed by atoms with Crippen molar-refractivity contribution in [2.75, 3.05) is 19.6 Å². The third-order valence-electron chi connectivity index (χ3n) is 7.57. The van der Waals surface area contributed by atoms with Crippen LogP contribution in [0.2, 0.25) is 0 Å². The minimum absolute atomic E-state index is 0.380. The first-order valence-electron chi connectivity index (χ1n) is 18.1. The van der Waals surface area contributed by atoms with Crippen LogP contribution in [0.4, 0.5) is 14.4 Å². The largest absolute Gasteiger partial charge is 0.444 e. The Balaban J connectivity index is 2.03. The minimum atomic E-state index is -0.683. The van der Waals surface area contributed by atoms with Crippen LogP contribution in [0.1, 0.15) is 79.0 Å². The molecule has 0 unspecified atom stereocenters. The van der Waals surface area contributed by atoms with Gasteiger partial charge < -0.3 is 30.2 Å². The number of nitrogens with zero attached hydrogens (tertiary/aromatic N) is 1. The number of carbonyl (C=O) groups is 3. The molecule has 0 aliphatic carbocycles. The van der Waals surface area contributed by atoms with Gasteiger partial charge in [0, 0.05) is 37.8 Å². The van der Waals surface area contributed by atoms with Gasteiger partial charge in [-0.05, 0) is 98.3 Å². The molecule has 3 atom stereocenters. The normalized spacial score (nSPS) is 13.7. The van der Waals surface area contributed by atoms with Gasteiger partial charge in [-0.2, -0.15) is 0 Å². The van der Waals surface area contributed by atoms with Gasteiger partial charge in [0.25, 0.3) is 0 Å². The van der Waals surface area contributed by atoms with E-state index in [1.807, 2.05) is 153 Å². The monoisotopic (exact) mass is 716 g/mol. The first-order valence-corrected chi connectivity index (χ1v) is 18.1. The molecule has 10 heteroatoms. The Hall–Kier alpha value is -4.57. The molecule has 3 amide bonds. The highest BCUT2D eigenvalue weighted by Gasteiger charge is 2.28. The molecule has 3 aromatic carbocycles. The van der Waals surface area contributed by atoms with Crippen molar-refractivity contribution in [2.45, 2.75) is 117 Å². The number of rotatable bonds is 15. The van der Waals surface area contributed by atoms with Gasteiger partial charge in [0.2, 0.25) is 0 Å². The average molecular weight is 717 g/mol. The van der Waals surface area contributed by atoms with Crippen molar-refractivity contribution in [1.82, 2.24) is 20.9 Å². The van der Waals surface area contributed by atoms with E-state index in [1.54, 1.807) is 0 Å². The van der Waals surface area contributed by atoms with E-state index in [0.717, 1.165) is 16.7 Å². The van der Waals surface area contributed by atoms with Gasteiger partial charge in [0.15, 0.2) is 0 Å². The molecule has 0 fully saturated rings. The zero-order valence-electron chi connectivity index (χ0n) is 32.5. The molecule has 0 bridgehead atoms. The Kier molecular flexibility index (Phi) is 15.5. The maximum absolute atomic E-state index is 13.2. The van der Waals surface area contributed by atoms with E-state index in [9.17, 15) is 14.4 Å². The van der Waals surface area contributed by atoms with Crippen molar-refractivity contribution in [1.29, 1.82) is 0 Å². The van der Waals surface area contributed by atoms with E-state index in [-0.39, 0.29) is 18.1 Å². The first-order chi connectivity index (χ1) is 24.3. The Labute approximate surface area is 311 Å². The fraction of sp³-hybridized carbons (Fsp3) is 0.500. The molecular weight excluding hydrogens is 656 g/mol. The molecule has 0 saturated carbocycles. The van der Waals surface area contributed by atoms with Gasteiger partial charge in [-0.3, -0.25) is 4.90 Å². The Morgan fingerprint density at radius 2 is 0.692 bits per heavy atom. The summed E-state index contributed by atoms with van der Waals surface area (Å²) < 4.78 is 17.1. The van der Waals surface area contributed by atoms with Gasteiger partial charge in [0.1, 0.15) is 16.8 Å². The molecule has 0 heterocycles. The van der Waals surface area contributed by atoms with Gasteiger partial charge in [-0.15, -0.1) is 0 Å². The van der Waals surface area contributed by atoms with Crippen molar-refractivity contribution in [2.24, 2.45) is 0 Å². The number of nitrogens with one attached hydrogen (secondary N) is 3. The Morgan fingerprint density at radius 3 is 0.904 bits per heavy atom. The number of amides is 3. The topological polar surface area (TPSA) is 118 Å². The first kappa shape index (κ1) is 41.8. The quantitative estimate of drug-likeness (QED) is 0.138. The van der Waals surface area contributed by atoms with Crippen LogP contribution in [0.3, 0.4) is 0 Å². The van der Waals surface area contributed by atoms with Crippen LogP contribution in [0.15, 0.2) is 91.0 Å². The van der Waals surface area contributed by atoms with Crippen molar-refractivity contribution >= 4 is 18.3 Å². The van der Waals surface area contributed by atoms with Crippen molar-refractivity contribution in [3.63, 3.8) is 0 Å². The fourth-order valence-corrected chi connectivity index (χ4v) is 5.76. The second-order valence-electron chi connectivity index (χ2n) is 16.3. The molecule has 3 N–H and O–H groups in total. The SMILES string of the molecule is CC(C)(C)OC(=O)N[C@@H](Cc1ccccc1)CN(C[C@H](Cc1ccccc1)NC(=O)OC(C)(C)C)C[C@H](Cc1ccccc1)NC(=O)OC(C)(C)C. The zero-order valence-corrected chi connectivity index (χ0v) is 32.5. The summed E-state index contributed by atoms with van der Waals surface area (Å²) in [4.78, 5) is 41.9. The standard InChI is InChI=1S/C42H60N4O6/c1-40(2,3)50-37(47)43-34(25-31-19-13-10-14-20-31)28-46(29-35(26-32-21-15-11-16-22-32)44-38(48)51-41(4,5)6)30-36(27-33-23-17-12-18-24-33)45-39(49)52-42(7,8)9/h10-24,34-36H,25-30H2,1-9H3,(H,43,47)(H,44,48)(H,45,49)/t34-,35-,36-/m0/s1. The van der Waals surface area contributed by atoms with Gasteiger partial charge in [0.05, 0.1) is 0 Å². The third-order valence-corrected chi connectivity index (χ3v) is 7.57. The van der Waals surface area contributed by atoms with Crippen LogP contribution >= 0.6 is 0 Å². The van der Waals surface area contributed by atoms with Crippen LogP contribution in [0, 0.1) is 0 Å². The molecule has 0 radical (unpaired) electrons. The van der Waals surface area contributed by atoms with Crippen LogP contribution in [0.25, 0.3) is 0 Å². The predicted molar refractivity (Wildman–Crippen MR) is 206 cm³/mol. The van der Waals surface area contributed by atoms with Crippen LogP contribution in [0.5, 0.6) is 0 Å². The second kappa shape index (κ2) is 19.3. The van der Waals surface area contributed by atoms with Crippen molar-refractivity contribution < 1.29 is 28.6 Å². The summed E-state index contributed by atoms with van der Waals surface area (Å²) in [6, 6.07) is 28.7. The highest BCUT2D eigenvalue weighted by atomic mass is 16.6. The maximum atomic E-state index is 13.2. The van der Waals surface area contributed by atoms with E-state index in [4.69, 9.17) is 14.2 Å². The number of hydrogen-bond donors (Lipinski definition) is 3. The summed E-state index contributed by atoms with van der Waals surface area (Å²) >= 11 is 0. The summed E-state index contributed by atoms with van der Waals surface area (Å²) in [5.74, 6) is 0. The molecule has 52 heavy (non-hydrogen) atoms. The second-order valence-corrected chi connectivity index (χ2v) is 16.3. The molecule has 284 valence electrons. The number of alkyl carbamates (subject to hydrolysis) is 3. The molecule has 3 rings (SSSR count). The zero-order chi connectivity index (χ0) is 38.4. The van der Waals surface area contributed by atoms with Gasteiger partial charge in [-0.25, -0.2) is 14.4 Å². The molecule has 0 saturated heterocycles. The molecular formula is C42H60N4O6. The summed E-state index contributed by atoms with van der Waals surface area (Å²) in [5, 5.41) is 9.35. The summed E-state index contributed by atoms with van der Waals surface area (Å²) in [6.45, 7) is 17.6. The number of hydrogen-bond acceptors (Lipinski definition) is 7. The molecule has 0 aliphatic rings. The molecule has 0 aliphatic heterocycles. The van der Waals surface area contributed by atoms with Gasteiger partial charge in [-0.1, -0.05) is 91.0 Å². The Bertz CT molecular complexity index is 1330. The van der Waals surface area contributed by atoms with Crippen LogP contribution in [-0.4, -0.2) is 77.7 Å². The number of benzene rings is 3. The lowest BCUT2D eigenvalue weighted by molar-refractivity contribution is 0.0471. The maximum Gasteiger partial charge on any atom is 0.407 e. The summed E-state index contributed by atoms with van der Waals surface area (Å²) in [6.07, 6.45) is 0.0313. The van der Waals surface area contributed by atoms with E-state index in [1.165, 1.54) is 0 Å². The highest BCUT2D eigenvalue weighted by molar-refractivity contribution is 5.69. The molecule has 3 aromatic rings. The van der Waals surface area contributed by atoms with Crippen molar-refractivity contribution in [3.05, 3.63) is 108 Å². The lowest BCUT2D eigenvalue weighted by Gasteiger charge is -2.35. The molecule has 10 nitrogen and oxygen atoms in total. The summed E-state index contributed by atoms with van der Waals surface area (Å²) in [7, 11) is 0. The lowest BCUT2D eigenvalue weighted by atomic mass is 10.0. The lowest BCUT2D eigenvalue weighted by Crippen LogP contribution is -2.55. The predicted octanol–water partition coefficient (Wildman–Crippen LogP) is 7.70. The average Bonchev–Trinajstić information content (AvgIpc) is 2.99. The van der Waals surface area contributed by atoms with Crippen LogP contribution in [-0.2, 0) is 33.5 Å². The highest BCUT2D eigenvalue weighted by Crippen LogP contribution is 2.15. The van der Waals surface area contributed by atoms with E-state index < -0.39 is 35.1 Å². The third kappa shape index (κ3) is 18.1. The number of carbonyl (C=O) groups excluding carboxylic acids is 3. The van der Waals surface area contributed by atoms with Crippen LogP contribution < -0.4 is 16.0 Å². The van der Waals surface area contributed by atoms with Gasteiger partial charge >= 0.3 is 18.3 Å². The molecule has 0 aromatic heterocycles. The fourth-order valence-electron chi connectivity index (χ4n) is 5.76. The summed E-state index contributed by atoms with van der Waals surface area (Å²) in [5.41, 5.74) is 1.09.